The molecular weight excluding hydrogens is 293 g/mol. The number of carbonyl (C=O) groups is 1. The zero-order chi connectivity index (χ0) is 12.0. The van der Waals surface area contributed by atoms with Gasteiger partial charge in [-0.25, -0.2) is 0 Å². The van der Waals surface area contributed by atoms with Gasteiger partial charge in [0.15, 0.2) is 6.61 Å². The molecule has 0 fully saturated rings. The Hall–Kier alpha value is -1.00. The van der Waals surface area contributed by atoms with Gasteiger partial charge >= 0.3 is 0 Å². The normalized spacial score (nSPS) is 9.62. The number of hydrogen-bond acceptors (Lipinski definition) is 2. The maximum absolute atomic E-state index is 11.3. The van der Waals surface area contributed by atoms with Gasteiger partial charge < -0.3 is 10.1 Å². The van der Waals surface area contributed by atoms with E-state index >= 15 is 0 Å². The summed E-state index contributed by atoms with van der Waals surface area (Å²) in [5, 5.41) is 3.20. The quantitative estimate of drug-likeness (QED) is 0.908. The number of halogens is 2. The Morgan fingerprint density at radius 1 is 1.56 bits per heavy atom. The summed E-state index contributed by atoms with van der Waals surface area (Å²) >= 11 is 8.91. The van der Waals surface area contributed by atoms with E-state index in [2.05, 4.69) is 27.8 Å². The van der Waals surface area contributed by atoms with E-state index in [0.717, 1.165) is 0 Å². The second-order valence-corrected chi connectivity index (χ2v) is 4.60. The van der Waals surface area contributed by atoms with Crippen LogP contribution in [-0.4, -0.2) is 19.1 Å². The molecule has 0 aliphatic heterocycles. The van der Waals surface area contributed by atoms with Crippen LogP contribution in [0, 0.1) is 0 Å². The van der Waals surface area contributed by atoms with Crippen molar-refractivity contribution in [3.8, 4) is 5.75 Å². The first-order valence-electron chi connectivity index (χ1n) is 4.56. The monoisotopic (exact) mass is 303 g/mol. The predicted molar refractivity (Wildman–Crippen MR) is 68.0 cm³/mol. The molecule has 0 atom stereocenters. The van der Waals surface area contributed by atoms with Gasteiger partial charge in [-0.15, -0.1) is 0 Å². The molecule has 0 aromatic heterocycles. The number of rotatable bonds is 5. The minimum absolute atomic E-state index is 0.0410. The fourth-order valence-corrected chi connectivity index (χ4v) is 1.27. The third-order valence-corrected chi connectivity index (χ3v) is 2.16. The van der Waals surface area contributed by atoms with E-state index in [1.54, 1.807) is 24.3 Å². The minimum Gasteiger partial charge on any atom is -0.484 e. The summed E-state index contributed by atoms with van der Waals surface area (Å²) in [4.78, 5) is 11.3. The predicted octanol–water partition coefficient (Wildman–Crippen LogP) is 2.74. The zero-order valence-electron chi connectivity index (χ0n) is 8.50. The Morgan fingerprint density at radius 3 is 2.94 bits per heavy atom. The lowest BCUT2D eigenvalue weighted by atomic mass is 10.3. The van der Waals surface area contributed by atoms with Crippen molar-refractivity contribution >= 4 is 33.4 Å². The van der Waals surface area contributed by atoms with Crippen molar-refractivity contribution in [2.45, 2.75) is 0 Å². The molecule has 0 saturated carbocycles. The van der Waals surface area contributed by atoms with Gasteiger partial charge in [-0.05, 0) is 18.2 Å². The molecule has 0 saturated heterocycles. The zero-order valence-corrected chi connectivity index (χ0v) is 10.8. The topological polar surface area (TPSA) is 38.3 Å². The molecule has 1 N–H and O–H groups in total. The first-order chi connectivity index (χ1) is 7.58. The highest BCUT2D eigenvalue weighted by Crippen LogP contribution is 2.16. The van der Waals surface area contributed by atoms with Crippen LogP contribution in [0.2, 0.25) is 5.02 Å². The highest BCUT2D eigenvalue weighted by Gasteiger charge is 2.02. The van der Waals surface area contributed by atoms with Crippen molar-refractivity contribution in [2.75, 3.05) is 13.2 Å². The lowest BCUT2D eigenvalue weighted by molar-refractivity contribution is -0.122. The van der Waals surface area contributed by atoms with Crippen molar-refractivity contribution in [2.24, 2.45) is 0 Å². The van der Waals surface area contributed by atoms with Crippen molar-refractivity contribution in [1.29, 1.82) is 0 Å². The van der Waals surface area contributed by atoms with Crippen molar-refractivity contribution < 1.29 is 9.53 Å². The van der Waals surface area contributed by atoms with Crippen LogP contribution in [0.1, 0.15) is 0 Å². The minimum atomic E-state index is -0.208. The smallest absolute Gasteiger partial charge is 0.258 e. The molecule has 0 heterocycles. The molecule has 1 aromatic carbocycles. The van der Waals surface area contributed by atoms with Crippen LogP contribution in [-0.2, 0) is 4.79 Å². The molecule has 0 spiro atoms. The summed E-state index contributed by atoms with van der Waals surface area (Å²) < 4.78 is 5.95. The van der Waals surface area contributed by atoms with Gasteiger partial charge in [0.25, 0.3) is 5.91 Å². The summed E-state index contributed by atoms with van der Waals surface area (Å²) in [7, 11) is 0. The van der Waals surface area contributed by atoms with Gasteiger partial charge in [0.2, 0.25) is 0 Å². The highest BCUT2D eigenvalue weighted by atomic mass is 79.9. The summed E-state index contributed by atoms with van der Waals surface area (Å²) in [6, 6.07) is 6.89. The molecule has 86 valence electrons. The number of carbonyl (C=O) groups excluding carboxylic acids is 1. The van der Waals surface area contributed by atoms with Crippen LogP contribution in [0.15, 0.2) is 35.3 Å². The molecule has 5 heteroatoms. The van der Waals surface area contributed by atoms with E-state index in [0.29, 0.717) is 21.8 Å². The SMILES string of the molecule is C=C(Br)CNC(=O)COc1cccc(Cl)c1. The van der Waals surface area contributed by atoms with Crippen LogP contribution in [0.4, 0.5) is 0 Å². The third kappa shape index (κ3) is 5.19. The molecule has 3 nitrogen and oxygen atoms in total. The number of nitrogens with one attached hydrogen (secondary N) is 1. The maximum atomic E-state index is 11.3. The maximum Gasteiger partial charge on any atom is 0.258 e. The van der Waals surface area contributed by atoms with Crippen molar-refractivity contribution in [3.05, 3.63) is 40.3 Å². The van der Waals surface area contributed by atoms with Crippen LogP contribution < -0.4 is 10.1 Å². The Kier molecular flexibility index (Phi) is 5.35. The standard InChI is InChI=1S/C11H11BrClNO2/c1-8(12)6-14-11(15)7-16-10-4-2-3-9(13)5-10/h2-5H,1,6-7H2,(H,14,15). The fourth-order valence-electron chi connectivity index (χ4n) is 0.951. The molecule has 0 bridgehead atoms. The Balaban J connectivity index is 2.34. The van der Waals surface area contributed by atoms with Gasteiger partial charge in [0.1, 0.15) is 5.75 Å². The van der Waals surface area contributed by atoms with E-state index in [1.165, 1.54) is 0 Å². The lowest BCUT2D eigenvalue weighted by Gasteiger charge is -2.06. The first kappa shape index (κ1) is 13.1. The molecule has 1 rings (SSSR count). The second kappa shape index (κ2) is 6.55. The van der Waals surface area contributed by atoms with E-state index in [-0.39, 0.29) is 12.5 Å². The van der Waals surface area contributed by atoms with Crippen molar-refractivity contribution in [3.63, 3.8) is 0 Å². The van der Waals surface area contributed by atoms with Crippen LogP contribution in [0.5, 0.6) is 5.75 Å². The van der Waals surface area contributed by atoms with E-state index in [4.69, 9.17) is 16.3 Å². The molecule has 1 amide bonds. The summed E-state index contributed by atoms with van der Waals surface area (Å²) in [5.41, 5.74) is 0. The largest absolute Gasteiger partial charge is 0.484 e. The summed E-state index contributed by atoms with van der Waals surface area (Å²) in [5.74, 6) is 0.362. The number of hydrogen-bond donors (Lipinski definition) is 1. The summed E-state index contributed by atoms with van der Waals surface area (Å²) in [6.45, 7) is 3.95. The Bertz CT molecular complexity index is 395. The number of benzene rings is 1. The van der Waals surface area contributed by atoms with Crippen LogP contribution >= 0.6 is 27.5 Å². The molecule has 0 radical (unpaired) electrons. The molecule has 0 aliphatic rings. The Labute approximate surface area is 108 Å². The molecule has 0 unspecified atom stereocenters. The average molecular weight is 305 g/mol. The van der Waals surface area contributed by atoms with Crippen molar-refractivity contribution in [1.82, 2.24) is 5.32 Å². The van der Waals surface area contributed by atoms with Gasteiger partial charge in [-0.1, -0.05) is 40.2 Å². The van der Waals surface area contributed by atoms with E-state index < -0.39 is 0 Å². The molecule has 0 aliphatic carbocycles. The van der Waals surface area contributed by atoms with E-state index in [1.807, 2.05) is 0 Å². The second-order valence-electron chi connectivity index (χ2n) is 3.04. The lowest BCUT2D eigenvalue weighted by Crippen LogP contribution is -2.29. The highest BCUT2D eigenvalue weighted by molar-refractivity contribution is 9.11. The number of ether oxygens (including phenoxy) is 1. The molecular formula is C11H11BrClNO2. The average Bonchev–Trinajstić information content (AvgIpc) is 2.23. The molecule has 1 aromatic rings. The van der Waals surface area contributed by atoms with Gasteiger partial charge in [-0.2, -0.15) is 0 Å². The van der Waals surface area contributed by atoms with Crippen LogP contribution in [0.3, 0.4) is 0 Å². The van der Waals surface area contributed by atoms with Crippen LogP contribution in [0.25, 0.3) is 0 Å². The van der Waals surface area contributed by atoms with Gasteiger partial charge in [-0.3, -0.25) is 4.79 Å². The number of amides is 1. The fraction of sp³-hybridized carbons (Fsp3) is 0.182. The van der Waals surface area contributed by atoms with Gasteiger partial charge in [0.05, 0.1) is 0 Å². The third-order valence-electron chi connectivity index (χ3n) is 1.64. The van der Waals surface area contributed by atoms with E-state index in [9.17, 15) is 4.79 Å². The first-order valence-corrected chi connectivity index (χ1v) is 5.73. The molecule has 16 heavy (non-hydrogen) atoms. The Morgan fingerprint density at radius 2 is 2.31 bits per heavy atom. The van der Waals surface area contributed by atoms with Gasteiger partial charge in [0, 0.05) is 16.0 Å². The summed E-state index contributed by atoms with van der Waals surface area (Å²) in [6.07, 6.45) is 0.